The van der Waals surface area contributed by atoms with E-state index in [4.69, 9.17) is 4.74 Å². The number of nitrogens with zero attached hydrogens (tertiary/aromatic N) is 3. The molecule has 9 heteroatoms. The fourth-order valence-electron chi connectivity index (χ4n) is 2.85. The van der Waals surface area contributed by atoms with Gasteiger partial charge in [-0.3, -0.25) is 19.5 Å². The molecular formula is C17H21N5O4. The predicted molar refractivity (Wildman–Crippen MR) is 93.5 cm³/mol. The second-order valence-corrected chi connectivity index (χ2v) is 6.00. The van der Waals surface area contributed by atoms with E-state index in [1.54, 1.807) is 7.11 Å². The molecule has 138 valence electrons. The van der Waals surface area contributed by atoms with Crippen molar-refractivity contribution in [2.45, 2.75) is 0 Å². The molecule has 2 heterocycles. The molecule has 0 unspecified atom stereocenters. The van der Waals surface area contributed by atoms with Gasteiger partial charge in [0.1, 0.15) is 6.54 Å². The van der Waals surface area contributed by atoms with Gasteiger partial charge in [0.05, 0.1) is 18.7 Å². The number of rotatable bonds is 6. The molecule has 3 amide bonds. The van der Waals surface area contributed by atoms with Gasteiger partial charge in [-0.2, -0.15) is 5.10 Å². The van der Waals surface area contributed by atoms with Crippen LogP contribution in [0.2, 0.25) is 0 Å². The van der Waals surface area contributed by atoms with Crippen molar-refractivity contribution in [1.29, 1.82) is 0 Å². The predicted octanol–water partition coefficient (Wildman–Crippen LogP) is -0.390. The molecule has 0 atom stereocenters. The number of carbonyl (C=O) groups is 3. The highest BCUT2D eigenvalue weighted by atomic mass is 16.5. The van der Waals surface area contributed by atoms with Crippen LogP contribution in [0.25, 0.3) is 10.9 Å². The van der Waals surface area contributed by atoms with Gasteiger partial charge in [0, 0.05) is 32.1 Å². The smallest absolute Gasteiger partial charge is 0.275 e. The summed E-state index contributed by atoms with van der Waals surface area (Å²) >= 11 is 0. The first-order valence-corrected chi connectivity index (χ1v) is 8.36. The van der Waals surface area contributed by atoms with Gasteiger partial charge in [-0.05, 0) is 6.07 Å². The molecule has 9 nitrogen and oxygen atoms in total. The van der Waals surface area contributed by atoms with Gasteiger partial charge in [0.2, 0.25) is 11.8 Å². The minimum Gasteiger partial charge on any atom is -0.383 e. The molecule has 1 saturated heterocycles. The van der Waals surface area contributed by atoms with Crippen LogP contribution >= 0.6 is 0 Å². The van der Waals surface area contributed by atoms with E-state index < -0.39 is 0 Å². The molecule has 1 aliphatic heterocycles. The number of nitrogens with one attached hydrogen (secondary N) is 2. The van der Waals surface area contributed by atoms with Crippen molar-refractivity contribution >= 4 is 28.6 Å². The normalized spacial score (nSPS) is 14.7. The van der Waals surface area contributed by atoms with Crippen LogP contribution in [0, 0.1) is 0 Å². The van der Waals surface area contributed by atoms with Crippen LogP contribution in [0.3, 0.4) is 0 Å². The molecule has 1 aromatic carbocycles. The van der Waals surface area contributed by atoms with E-state index in [0.717, 1.165) is 10.9 Å². The third kappa shape index (κ3) is 3.83. The highest BCUT2D eigenvalue weighted by molar-refractivity contribution is 6.05. The number of H-pyrrole nitrogens is 1. The maximum Gasteiger partial charge on any atom is 0.275 e. The highest BCUT2D eigenvalue weighted by Crippen LogP contribution is 2.17. The number of hydrogen-bond donors (Lipinski definition) is 2. The Hall–Kier alpha value is -2.94. The number of methoxy groups -OCH3 is 1. The second kappa shape index (κ2) is 7.96. The van der Waals surface area contributed by atoms with E-state index in [-0.39, 0.29) is 30.8 Å². The molecule has 3 rings (SSSR count). The zero-order valence-electron chi connectivity index (χ0n) is 14.5. The molecule has 26 heavy (non-hydrogen) atoms. The Morgan fingerprint density at radius 2 is 2.12 bits per heavy atom. The zero-order valence-corrected chi connectivity index (χ0v) is 14.5. The maximum atomic E-state index is 12.7. The summed E-state index contributed by atoms with van der Waals surface area (Å²) in [5, 5.41) is 10.3. The molecule has 1 aliphatic rings. The Labute approximate surface area is 150 Å². The lowest BCUT2D eigenvalue weighted by Crippen LogP contribution is -2.54. The standard InChI is InChI=1S/C17H21N5O4/c1-26-9-6-18-14(23)10-21-7-8-22(11-15(21)24)17(25)16-12-4-2-3-5-13(12)19-20-16/h2-5H,6-11H2,1H3,(H,18,23)(H,19,20). The maximum absolute atomic E-state index is 12.7. The van der Waals surface area contributed by atoms with Crippen LogP contribution in [-0.4, -0.2) is 84.2 Å². The van der Waals surface area contributed by atoms with Crippen molar-refractivity contribution in [3.05, 3.63) is 30.0 Å². The van der Waals surface area contributed by atoms with Crippen molar-refractivity contribution in [1.82, 2.24) is 25.3 Å². The summed E-state index contributed by atoms with van der Waals surface area (Å²) in [6, 6.07) is 7.34. The molecule has 2 aromatic rings. The SMILES string of the molecule is COCCNC(=O)CN1CCN(C(=O)c2n[nH]c3ccccc23)CC1=O. The lowest BCUT2D eigenvalue weighted by Gasteiger charge is -2.33. The molecule has 0 bridgehead atoms. The summed E-state index contributed by atoms with van der Waals surface area (Å²) < 4.78 is 4.86. The molecule has 0 aliphatic carbocycles. The lowest BCUT2D eigenvalue weighted by atomic mass is 10.2. The number of amides is 3. The Morgan fingerprint density at radius 3 is 2.88 bits per heavy atom. The number of hydrogen-bond acceptors (Lipinski definition) is 5. The largest absolute Gasteiger partial charge is 0.383 e. The van der Waals surface area contributed by atoms with Crippen LogP contribution in [-0.2, 0) is 14.3 Å². The Kier molecular flexibility index (Phi) is 5.47. The molecule has 1 fully saturated rings. The van der Waals surface area contributed by atoms with E-state index in [9.17, 15) is 14.4 Å². The summed E-state index contributed by atoms with van der Waals surface area (Å²) in [5.74, 6) is -0.792. The summed E-state index contributed by atoms with van der Waals surface area (Å²) in [6.45, 7) is 1.40. The monoisotopic (exact) mass is 359 g/mol. The molecule has 0 saturated carbocycles. The fraction of sp³-hybridized carbons (Fsp3) is 0.412. The first kappa shape index (κ1) is 17.9. The van der Waals surface area contributed by atoms with Crippen molar-refractivity contribution in [2.75, 3.05) is 46.4 Å². The average molecular weight is 359 g/mol. The van der Waals surface area contributed by atoms with Crippen LogP contribution in [0.1, 0.15) is 10.5 Å². The minimum atomic E-state index is -0.292. The van der Waals surface area contributed by atoms with Gasteiger partial charge in [-0.1, -0.05) is 18.2 Å². The van der Waals surface area contributed by atoms with Crippen LogP contribution in [0.4, 0.5) is 0 Å². The van der Waals surface area contributed by atoms with E-state index in [1.165, 1.54) is 9.80 Å². The first-order chi connectivity index (χ1) is 12.6. The number of benzene rings is 1. The minimum absolute atomic E-state index is 0.0179. The van der Waals surface area contributed by atoms with Crippen LogP contribution in [0.15, 0.2) is 24.3 Å². The van der Waals surface area contributed by atoms with E-state index in [1.807, 2.05) is 24.3 Å². The second-order valence-electron chi connectivity index (χ2n) is 6.00. The molecule has 1 aromatic heterocycles. The molecule has 0 spiro atoms. The van der Waals surface area contributed by atoms with E-state index in [0.29, 0.717) is 31.9 Å². The first-order valence-electron chi connectivity index (χ1n) is 8.36. The number of fused-ring (bicyclic) bond motifs is 1. The quantitative estimate of drug-likeness (QED) is 0.683. The van der Waals surface area contributed by atoms with Gasteiger partial charge >= 0.3 is 0 Å². The summed E-state index contributed by atoms with van der Waals surface area (Å²) in [4.78, 5) is 39.8. The number of aromatic amines is 1. The van der Waals surface area contributed by atoms with Gasteiger partial charge in [-0.25, -0.2) is 0 Å². The van der Waals surface area contributed by atoms with Crippen molar-refractivity contribution in [2.24, 2.45) is 0 Å². The van der Waals surface area contributed by atoms with Crippen molar-refractivity contribution < 1.29 is 19.1 Å². The van der Waals surface area contributed by atoms with Gasteiger partial charge < -0.3 is 19.9 Å². The van der Waals surface area contributed by atoms with Gasteiger partial charge in [0.25, 0.3) is 5.91 Å². The van der Waals surface area contributed by atoms with Gasteiger partial charge in [-0.15, -0.1) is 0 Å². The number of ether oxygens (including phenoxy) is 1. The summed E-state index contributed by atoms with van der Waals surface area (Å²) in [6.07, 6.45) is 0. The number of aromatic nitrogens is 2. The zero-order chi connectivity index (χ0) is 18.5. The molecule has 0 radical (unpaired) electrons. The third-order valence-corrected chi connectivity index (χ3v) is 4.24. The highest BCUT2D eigenvalue weighted by Gasteiger charge is 2.30. The Balaban J connectivity index is 1.59. The molecule has 2 N–H and O–H groups in total. The van der Waals surface area contributed by atoms with Crippen molar-refractivity contribution in [3.63, 3.8) is 0 Å². The Morgan fingerprint density at radius 1 is 1.31 bits per heavy atom. The fourth-order valence-corrected chi connectivity index (χ4v) is 2.85. The van der Waals surface area contributed by atoms with Crippen LogP contribution in [0.5, 0.6) is 0 Å². The summed E-state index contributed by atoms with van der Waals surface area (Å²) in [5.41, 5.74) is 1.08. The number of carbonyl (C=O) groups excluding carboxylic acids is 3. The van der Waals surface area contributed by atoms with Crippen LogP contribution < -0.4 is 5.32 Å². The van der Waals surface area contributed by atoms with Crippen molar-refractivity contribution in [3.8, 4) is 0 Å². The van der Waals surface area contributed by atoms with Gasteiger partial charge in [0.15, 0.2) is 5.69 Å². The molecular weight excluding hydrogens is 338 g/mol. The Bertz CT molecular complexity index is 818. The summed E-state index contributed by atoms with van der Waals surface area (Å²) in [7, 11) is 1.55. The van der Waals surface area contributed by atoms with E-state index in [2.05, 4.69) is 15.5 Å². The third-order valence-electron chi connectivity index (χ3n) is 4.24. The average Bonchev–Trinajstić information content (AvgIpc) is 3.07. The topological polar surface area (TPSA) is 108 Å². The lowest BCUT2D eigenvalue weighted by molar-refractivity contribution is -0.139. The number of piperazine rings is 1. The van der Waals surface area contributed by atoms with E-state index >= 15 is 0 Å². The number of para-hydroxylation sites is 1.